The van der Waals surface area contributed by atoms with E-state index in [-0.39, 0.29) is 33.5 Å². The van der Waals surface area contributed by atoms with Crippen molar-refractivity contribution in [2.24, 2.45) is 56.7 Å². The number of carbonyl (C=O) groups excluding carboxylic acids is 2. The zero-order chi connectivity index (χ0) is 24.9. The number of carboxylic acids is 1. The predicted molar refractivity (Wildman–Crippen MR) is 132 cm³/mol. The predicted octanol–water partition coefficient (Wildman–Crippen LogP) is 6.48. The van der Waals surface area contributed by atoms with Crippen molar-refractivity contribution in [3.8, 4) is 0 Å². The van der Waals surface area contributed by atoms with Gasteiger partial charge >= 0.3 is 5.97 Å². The minimum atomic E-state index is -0.704. The van der Waals surface area contributed by atoms with E-state index in [9.17, 15) is 19.5 Å². The Kier molecular flexibility index (Phi) is 5.20. The average molecular weight is 469 g/mol. The van der Waals surface area contributed by atoms with Gasteiger partial charge < -0.3 is 5.11 Å². The fourth-order valence-corrected chi connectivity index (χ4v) is 11.3. The van der Waals surface area contributed by atoms with Crippen molar-refractivity contribution < 1.29 is 19.5 Å². The fourth-order valence-electron chi connectivity index (χ4n) is 11.3. The Morgan fingerprint density at radius 2 is 1.62 bits per heavy atom. The highest BCUT2D eigenvalue weighted by molar-refractivity contribution is 5.85. The molecule has 5 rings (SSSR count). The number of aldehydes is 1. The zero-order valence-electron chi connectivity index (χ0n) is 21.9. The van der Waals surface area contributed by atoms with Crippen LogP contribution in [0.4, 0.5) is 0 Å². The summed E-state index contributed by atoms with van der Waals surface area (Å²) < 4.78 is 0. The molecule has 1 N–H and O–H groups in total. The molecule has 0 aromatic heterocycles. The Morgan fingerprint density at radius 3 is 2.26 bits per heavy atom. The Balaban J connectivity index is 1.57. The number of allylic oxidation sites excluding steroid dienone is 1. The summed E-state index contributed by atoms with van der Waals surface area (Å²) in [6, 6.07) is 0. The van der Waals surface area contributed by atoms with E-state index in [0.717, 1.165) is 57.7 Å². The van der Waals surface area contributed by atoms with Gasteiger partial charge in [-0.05, 0) is 109 Å². The standard InChI is InChI=1S/C30H44O4/c1-18(17-31)19-9-14-30(25(33)34)16-15-28(5)20(24(19)30)7-8-22-27(4)12-11-23(32)26(2,3)21(27)10-13-29(22,28)6/h17,19-22,24H,1,7-16H2,2-6H3,(H,33,34)/t19-,20+,21-,22+,24+,27-,28+,29+,30-/m0/s1. The van der Waals surface area contributed by atoms with Gasteiger partial charge in [-0.3, -0.25) is 14.4 Å². The van der Waals surface area contributed by atoms with Crippen LogP contribution in [-0.4, -0.2) is 23.1 Å². The van der Waals surface area contributed by atoms with Gasteiger partial charge in [0.1, 0.15) is 12.1 Å². The van der Waals surface area contributed by atoms with Crippen LogP contribution < -0.4 is 0 Å². The summed E-state index contributed by atoms with van der Waals surface area (Å²) in [6.45, 7) is 15.9. The SMILES string of the molecule is C=C(C=O)[C@@H]1CC[C@]2(C(=O)O)CC[C@]3(C)[C@H](CC[C@@H]4[C@@]5(C)CCC(=O)C(C)(C)[C@@H]5CC[C@]43C)[C@@H]12. The van der Waals surface area contributed by atoms with Crippen molar-refractivity contribution in [3.05, 3.63) is 12.2 Å². The first-order valence-electron chi connectivity index (χ1n) is 13.7. The molecule has 0 aromatic rings. The van der Waals surface area contributed by atoms with Crippen LogP contribution in [0.3, 0.4) is 0 Å². The van der Waals surface area contributed by atoms with Crippen LogP contribution in [-0.2, 0) is 14.4 Å². The molecule has 4 nitrogen and oxygen atoms in total. The minimum absolute atomic E-state index is 0.00321. The number of ketones is 1. The lowest BCUT2D eigenvalue weighted by atomic mass is 9.32. The number of aliphatic carboxylic acids is 1. The van der Waals surface area contributed by atoms with Gasteiger partial charge in [0, 0.05) is 11.8 Å². The molecular formula is C30H44O4. The largest absolute Gasteiger partial charge is 0.481 e. The van der Waals surface area contributed by atoms with Crippen LogP contribution >= 0.6 is 0 Å². The van der Waals surface area contributed by atoms with Crippen LogP contribution in [0.2, 0.25) is 0 Å². The molecule has 0 heterocycles. The number of rotatable bonds is 3. The molecule has 34 heavy (non-hydrogen) atoms. The summed E-state index contributed by atoms with van der Waals surface area (Å²) in [7, 11) is 0. The Bertz CT molecular complexity index is 949. The lowest BCUT2D eigenvalue weighted by Gasteiger charge is -2.72. The van der Waals surface area contributed by atoms with E-state index >= 15 is 0 Å². The summed E-state index contributed by atoms with van der Waals surface area (Å²) in [6.07, 6.45) is 10.0. The number of Topliss-reactive ketones (excluding diaryl/α,β-unsaturated/α-hetero) is 1. The second kappa shape index (κ2) is 7.29. The number of fused-ring (bicyclic) bond motifs is 7. The molecule has 9 atom stereocenters. The molecule has 4 heteroatoms. The first kappa shape index (κ1) is 24.3. The van der Waals surface area contributed by atoms with Gasteiger partial charge in [0.25, 0.3) is 0 Å². The van der Waals surface area contributed by atoms with Crippen LogP contribution in [0.1, 0.15) is 98.8 Å². The maximum absolute atomic E-state index is 12.9. The normalized spacial score (nSPS) is 51.4. The molecule has 5 fully saturated rings. The van der Waals surface area contributed by atoms with E-state index in [1.54, 1.807) is 0 Å². The van der Waals surface area contributed by atoms with E-state index in [1.165, 1.54) is 0 Å². The van der Waals surface area contributed by atoms with Gasteiger partial charge in [0.2, 0.25) is 0 Å². The van der Waals surface area contributed by atoms with Crippen molar-refractivity contribution in [2.45, 2.75) is 98.8 Å². The molecule has 0 bridgehead atoms. The van der Waals surface area contributed by atoms with Crippen molar-refractivity contribution in [1.29, 1.82) is 0 Å². The molecular weight excluding hydrogens is 424 g/mol. The highest BCUT2D eigenvalue weighted by Gasteiger charge is 2.72. The van der Waals surface area contributed by atoms with Crippen LogP contribution in [0.25, 0.3) is 0 Å². The van der Waals surface area contributed by atoms with E-state index in [2.05, 4.69) is 41.2 Å². The van der Waals surface area contributed by atoms with E-state index in [0.29, 0.717) is 42.0 Å². The third kappa shape index (κ3) is 2.69. The third-order valence-corrected chi connectivity index (χ3v) is 13.2. The summed E-state index contributed by atoms with van der Waals surface area (Å²) >= 11 is 0. The maximum atomic E-state index is 12.9. The topological polar surface area (TPSA) is 71.4 Å². The van der Waals surface area contributed by atoms with Crippen LogP contribution in [0.15, 0.2) is 12.2 Å². The van der Waals surface area contributed by atoms with Crippen molar-refractivity contribution in [3.63, 3.8) is 0 Å². The zero-order valence-corrected chi connectivity index (χ0v) is 21.9. The Hall–Kier alpha value is -1.45. The molecule has 5 aliphatic rings. The number of hydrogen-bond donors (Lipinski definition) is 1. The first-order chi connectivity index (χ1) is 15.8. The summed E-state index contributed by atoms with van der Waals surface area (Å²) in [5.41, 5.74) is -0.0307. The highest BCUT2D eigenvalue weighted by atomic mass is 16.4. The Morgan fingerprint density at radius 1 is 0.912 bits per heavy atom. The van der Waals surface area contributed by atoms with Crippen molar-refractivity contribution in [2.75, 3.05) is 0 Å². The third-order valence-electron chi connectivity index (χ3n) is 13.2. The van der Waals surface area contributed by atoms with Gasteiger partial charge in [0.05, 0.1) is 5.41 Å². The molecule has 0 amide bonds. The van der Waals surface area contributed by atoms with E-state index in [1.807, 2.05) is 0 Å². The molecule has 0 spiro atoms. The first-order valence-corrected chi connectivity index (χ1v) is 13.7. The fraction of sp³-hybridized carbons (Fsp3) is 0.833. The second-order valence-electron chi connectivity index (χ2n) is 14.1. The monoisotopic (exact) mass is 468 g/mol. The molecule has 0 aromatic carbocycles. The quantitative estimate of drug-likeness (QED) is 0.380. The lowest BCUT2D eigenvalue weighted by molar-refractivity contribution is -0.235. The summed E-state index contributed by atoms with van der Waals surface area (Å²) in [4.78, 5) is 37.4. The van der Waals surface area contributed by atoms with Gasteiger partial charge in [0.15, 0.2) is 0 Å². The molecule has 0 aliphatic heterocycles. The molecule has 5 aliphatic carbocycles. The van der Waals surface area contributed by atoms with E-state index < -0.39 is 11.4 Å². The minimum Gasteiger partial charge on any atom is -0.481 e. The molecule has 0 radical (unpaired) electrons. The van der Waals surface area contributed by atoms with Crippen LogP contribution in [0, 0.1) is 56.7 Å². The van der Waals surface area contributed by atoms with E-state index in [4.69, 9.17) is 0 Å². The summed E-state index contributed by atoms with van der Waals surface area (Å²) in [5, 5.41) is 10.5. The molecule has 5 saturated carbocycles. The second-order valence-corrected chi connectivity index (χ2v) is 14.1. The van der Waals surface area contributed by atoms with Gasteiger partial charge in [-0.2, -0.15) is 0 Å². The van der Waals surface area contributed by atoms with Gasteiger partial charge in [-0.15, -0.1) is 0 Å². The highest BCUT2D eigenvalue weighted by Crippen LogP contribution is 2.77. The lowest BCUT2D eigenvalue weighted by Crippen LogP contribution is -2.66. The van der Waals surface area contributed by atoms with Crippen molar-refractivity contribution >= 4 is 18.0 Å². The number of carboxylic acid groups (broad SMARTS) is 1. The van der Waals surface area contributed by atoms with Gasteiger partial charge in [-0.25, -0.2) is 0 Å². The number of hydrogen-bond acceptors (Lipinski definition) is 3. The summed E-state index contributed by atoms with van der Waals surface area (Å²) in [5.74, 6) is 1.07. The average Bonchev–Trinajstić information content (AvgIpc) is 3.18. The Labute approximate surface area is 205 Å². The van der Waals surface area contributed by atoms with Crippen molar-refractivity contribution in [1.82, 2.24) is 0 Å². The van der Waals surface area contributed by atoms with Gasteiger partial charge in [-0.1, -0.05) is 41.2 Å². The maximum Gasteiger partial charge on any atom is 0.309 e. The smallest absolute Gasteiger partial charge is 0.309 e. The molecule has 0 unspecified atom stereocenters. The van der Waals surface area contributed by atoms with Crippen LogP contribution in [0.5, 0.6) is 0 Å². The molecule has 0 saturated heterocycles. The molecule has 188 valence electrons. The number of carbonyl (C=O) groups is 3.